The molecule has 0 fully saturated rings. The summed E-state index contributed by atoms with van der Waals surface area (Å²) < 4.78 is 18.7. The van der Waals surface area contributed by atoms with Gasteiger partial charge in [0.1, 0.15) is 17.3 Å². The number of halogens is 2. The lowest BCUT2D eigenvalue weighted by Crippen LogP contribution is -1.91. The number of rotatable bonds is 4. The fourth-order valence-corrected chi connectivity index (χ4v) is 1.71. The van der Waals surface area contributed by atoms with E-state index in [1.807, 2.05) is 0 Å². The van der Waals surface area contributed by atoms with Gasteiger partial charge in [0.25, 0.3) is 5.69 Å². The third-order valence-electron chi connectivity index (χ3n) is 2.35. The average molecular weight is 282 g/mol. The molecular formula is C13H9ClFNO3. The lowest BCUT2D eigenvalue weighted by Gasteiger charge is -2.07. The molecular weight excluding hydrogens is 273 g/mol. The highest BCUT2D eigenvalue weighted by Gasteiger charge is 2.08. The molecule has 2 rings (SSSR count). The van der Waals surface area contributed by atoms with Crippen LogP contribution in [0.1, 0.15) is 5.56 Å². The van der Waals surface area contributed by atoms with Gasteiger partial charge in [-0.25, -0.2) is 4.39 Å². The first-order valence-corrected chi connectivity index (χ1v) is 5.89. The van der Waals surface area contributed by atoms with Crippen molar-refractivity contribution in [1.82, 2.24) is 0 Å². The number of non-ortho nitro benzene ring substituents is 1. The fraction of sp³-hybridized carbons (Fsp3) is 0.0769. The summed E-state index contributed by atoms with van der Waals surface area (Å²) in [4.78, 5) is 10.1. The molecule has 2 aromatic rings. The topological polar surface area (TPSA) is 52.4 Å². The van der Waals surface area contributed by atoms with Gasteiger partial charge >= 0.3 is 0 Å². The van der Waals surface area contributed by atoms with Crippen molar-refractivity contribution in [1.29, 1.82) is 0 Å². The Morgan fingerprint density at radius 2 is 2.00 bits per heavy atom. The number of nitrogens with zero attached hydrogens (tertiary/aromatic N) is 1. The predicted octanol–water partition coefficient (Wildman–Crippen LogP) is 4.27. The normalized spacial score (nSPS) is 10.2. The van der Waals surface area contributed by atoms with E-state index in [2.05, 4.69) is 0 Å². The van der Waals surface area contributed by atoms with Gasteiger partial charge in [-0.15, -0.1) is 11.6 Å². The van der Waals surface area contributed by atoms with Crippen molar-refractivity contribution in [2.45, 2.75) is 5.88 Å². The Hall–Kier alpha value is -2.14. The van der Waals surface area contributed by atoms with Gasteiger partial charge in [0.05, 0.1) is 11.0 Å². The summed E-state index contributed by atoms with van der Waals surface area (Å²) in [7, 11) is 0. The van der Waals surface area contributed by atoms with Crippen molar-refractivity contribution in [2.75, 3.05) is 0 Å². The number of nitro benzene ring substituents is 1. The third kappa shape index (κ3) is 3.42. The van der Waals surface area contributed by atoms with E-state index in [-0.39, 0.29) is 23.1 Å². The minimum Gasteiger partial charge on any atom is -0.457 e. The second-order valence-corrected chi connectivity index (χ2v) is 4.05. The zero-order valence-electron chi connectivity index (χ0n) is 9.68. The number of ether oxygens (including phenoxy) is 1. The van der Waals surface area contributed by atoms with Crippen LogP contribution in [0.3, 0.4) is 0 Å². The zero-order chi connectivity index (χ0) is 13.8. The van der Waals surface area contributed by atoms with E-state index >= 15 is 0 Å². The molecule has 0 amide bonds. The maximum atomic E-state index is 13.3. The van der Waals surface area contributed by atoms with E-state index in [0.717, 1.165) is 0 Å². The van der Waals surface area contributed by atoms with Gasteiger partial charge in [0, 0.05) is 18.0 Å². The van der Waals surface area contributed by atoms with Crippen molar-refractivity contribution in [3.8, 4) is 11.5 Å². The Morgan fingerprint density at radius 3 is 2.68 bits per heavy atom. The Balaban J connectivity index is 2.28. The summed E-state index contributed by atoms with van der Waals surface area (Å²) in [6, 6.07) is 9.73. The zero-order valence-corrected chi connectivity index (χ0v) is 10.4. The van der Waals surface area contributed by atoms with E-state index in [1.54, 1.807) is 12.1 Å². The van der Waals surface area contributed by atoms with Crippen LogP contribution >= 0.6 is 11.6 Å². The molecule has 0 aromatic heterocycles. The Bertz CT molecular complexity index is 619. The van der Waals surface area contributed by atoms with E-state index in [4.69, 9.17) is 16.3 Å². The number of alkyl halides is 1. The number of hydrogen-bond donors (Lipinski definition) is 0. The molecule has 2 aromatic carbocycles. The second-order valence-electron chi connectivity index (χ2n) is 3.79. The van der Waals surface area contributed by atoms with E-state index in [0.29, 0.717) is 5.56 Å². The lowest BCUT2D eigenvalue weighted by molar-refractivity contribution is -0.384. The van der Waals surface area contributed by atoms with Gasteiger partial charge in [-0.05, 0) is 23.8 Å². The molecule has 98 valence electrons. The van der Waals surface area contributed by atoms with Crippen LogP contribution in [0.25, 0.3) is 0 Å². The average Bonchev–Trinajstić information content (AvgIpc) is 2.38. The lowest BCUT2D eigenvalue weighted by atomic mass is 10.2. The van der Waals surface area contributed by atoms with Crippen molar-refractivity contribution in [2.24, 2.45) is 0 Å². The van der Waals surface area contributed by atoms with Crippen LogP contribution in [0.4, 0.5) is 10.1 Å². The van der Waals surface area contributed by atoms with Crippen LogP contribution < -0.4 is 4.74 Å². The van der Waals surface area contributed by atoms with Crippen molar-refractivity contribution in [3.05, 3.63) is 64.0 Å². The molecule has 0 heterocycles. The maximum absolute atomic E-state index is 13.3. The summed E-state index contributed by atoms with van der Waals surface area (Å²) in [6.45, 7) is 0. The first-order valence-electron chi connectivity index (χ1n) is 5.36. The monoisotopic (exact) mass is 281 g/mol. The van der Waals surface area contributed by atoms with E-state index in [1.165, 1.54) is 30.3 Å². The predicted molar refractivity (Wildman–Crippen MR) is 69.1 cm³/mol. The molecule has 6 heteroatoms. The third-order valence-corrected chi connectivity index (χ3v) is 2.66. The molecule has 0 spiro atoms. The van der Waals surface area contributed by atoms with Gasteiger partial charge < -0.3 is 4.74 Å². The SMILES string of the molecule is O=[N+]([O-])c1cccc(Oc2cc(F)cc(CCl)c2)c1. The van der Waals surface area contributed by atoms with Gasteiger partial charge in [-0.3, -0.25) is 10.1 Å². The molecule has 0 atom stereocenters. The van der Waals surface area contributed by atoms with Crippen LogP contribution in [0.2, 0.25) is 0 Å². The minimum absolute atomic E-state index is 0.0912. The fourth-order valence-electron chi connectivity index (χ4n) is 1.55. The summed E-state index contributed by atoms with van der Waals surface area (Å²) in [5, 5.41) is 10.6. The summed E-state index contributed by atoms with van der Waals surface area (Å²) in [5.41, 5.74) is 0.480. The number of benzene rings is 2. The summed E-state index contributed by atoms with van der Waals surface area (Å²) >= 11 is 5.63. The first kappa shape index (κ1) is 13.3. The highest BCUT2D eigenvalue weighted by molar-refractivity contribution is 6.17. The molecule has 0 aliphatic carbocycles. The standard InChI is InChI=1S/C13H9ClFNO3/c14-8-9-4-10(15)6-13(5-9)19-12-3-1-2-11(7-12)16(17)18/h1-7H,8H2. The molecule has 0 saturated carbocycles. The highest BCUT2D eigenvalue weighted by Crippen LogP contribution is 2.26. The molecule has 0 saturated heterocycles. The van der Waals surface area contributed by atoms with Crippen LogP contribution in [0.5, 0.6) is 11.5 Å². The highest BCUT2D eigenvalue weighted by atomic mass is 35.5. The molecule has 0 N–H and O–H groups in total. The molecule has 0 bridgehead atoms. The number of nitro groups is 1. The molecule has 0 aliphatic heterocycles. The van der Waals surface area contributed by atoms with Crippen molar-refractivity contribution >= 4 is 17.3 Å². The second kappa shape index (κ2) is 5.67. The molecule has 0 aliphatic rings. The molecule has 0 unspecified atom stereocenters. The Kier molecular flexibility index (Phi) is 3.97. The van der Waals surface area contributed by atoms with E-state index in [9.17, 15) is 14.5 Å². The Labute approximate surface area is 113 Å². The van der Waals surface area contributed by atoms with Crippen molar-refractivity contribution < 1.29 is 14.1 Å². The van der Waals surface area contributed by atoms with Gasteiger partial charge in [0.15, 0.2) is 0 Å². The summed E-state index contributed by atoms with van der Waals surface area (Å²) in [6.07, 6.45) is 0. The maximum Gasteiger partial charge on any atom is 0.273 e. The largest absolute Gasteiger partial charge is 0.457 e. The van der Waals surface area contributed by atoms with Gasteiger partial charge in [-0.2, -0.15) is 0 Å². The van der Waals surface area contributed by atoms with Crippen molar-refractivity contribution in [3.63, 3.8) is 0 Å². The smallest absolute Gasteiger partial charge is 0.273 e. The Morgan fingerprint density at radius 1 is 1.21 bits per heavy atom. The van der Waals surface area contributed by atoms with Crippen LogP contribution in [0.15, 0.2) is 42.5 Å². The van der Waals surface area contributed by atoms with Gasteiger partial charge in [-0.1, -0.05) is 6.07 Å². The molecule has 19 heavy (non-hydrogen) atoms. The number of hydrogen-bond acceptors (Lipinski definition) is 3. The van der Waals surface area contributed by atoms with Crippen LogP contribution in [-0.4, -0.2) is 4.92 Å². The van der Waals surface area contributed by atoms with E-state index < -0.39 is 10.7 Å². The minimum atomic E-state index is -0.525. The molecule has 4 nitrogen and oxygen atoms in total. The van der Waals surface area contributed by atoms with Crippen LogP contribution in [-0.2, 0) is 5.88 Å². The molecule has 0 radical (unpaired) electrons. The summed E-state index contributed by atoms with van der Waals surface area (Å²) in [5.74, 6) is 0.193. The van der Waals surface area contributed by atoms with Crippen LogP contribution in [0, 0.1) is 15.9 Å². The quantitative estimate of drug-likeness (QED) is 0.478. The first-order chi connectivity index (χ1) is 9.08. The van der Waals surface area contributed by atoms with Gasteiger partial charge in [0.2, 0.25) is 0 Å².